The van der Waals surface area contributed by atoms with Crippen molar-refractivity contribution < 1.29 is 18.3 Å². The molecule has 0 bridgehead atoms. The molecular formula is C11H13F2NO2S. The maximum atomic E-state index is 12.9. The molecule has 1 aliphatic heterocycles. The summed E-state index contributed by atoms with van der Waals surface area (Å²) in [4.78, 5) is 10.8. The number of esters is 1. The van der Waals surface area contributed by atoms with Crippen LogP contribution in [0.25, 0.3) is 0 Å². The van der Waals surface area contributed by atoms with E-state index >= 15 is 0 Å². The Balaban J connectivity index is 1.82. The highest BCUT2D eigenvalue weighted by Gasteiger charge is 2.50. The van der Waals surface area contributed by atoms with E-state index in [0.29, 0.717) is 0 Å². The smallest absolute Gasteiger partial charge is 0.377 e. The maximum absolute atomic E-state index is 12.9. The number of hydrogen-bond donors (Lipinski definition) is 1. The molecule has 2 atom stereocenters. The molecule has 0 saturated carbocycles. The van der Waals surface area contributed by atoms with Crippen LogP contribution in [-0.2, 0) is 9.53 Å². The number of nitrogens with one attached hydrogen (secondary N) is 1. The van der Waals surface area contributed by atoms with Crippen molar-refractivity contribution in [1.82, 2.24) is 5.32 Å². The zero-order chi connectivity index (χ0) is 12.5. The molecule has 1 aromatic heterocycles. The lowest BCUT2D eigenvalue weighted by Crippen LogP contribution is -2.29. The van der Waals surface area contributed by atoms with Crippen molar-refractivity contribution in [2.45, 2.75) is 31.4 Å². The lowest BCUT2D eigenvalue weighted by Gasteiger charge is -2.15. The predicted octanol–water partition coefficient (Wildman–Crippen LogP) is 2.35. The lowest BCUT2D eigenvalue weighted by molar-refractivity contribution is -0.159. The third-order valence-corrected chi connectivity index (χ3v) is 3.45. The highest BCUT2D eigenvalue weighted by atomic mass is 32.1. The first kappa shape index (κ1) is 12.4. The molecule has 2 heterocycles. The molecule has 0 aromatic carbocycles. The number of rotatable bonds is 4. The molecule has 1 aliphatic rings. The highest BCUT2D eigenvalue weighted by molar-refractivity contribution is 7.07. The third kappa shape index (κ3) is 2.81. The third-order valence-electron chi connectivity index (χ3n) is 2.75. The van der Waals surface area contributed by atoms with Crippen LogP contribution in [0.2, 0.25) is 0 Å². The van der Waals surface area contributed by atoms with E-state index in [9.17, 15) is 13.6 Å². The van der Waals surface area contributed by atoms with Gasteiger partial charge in [-0.15, -0.1) is 0 Å². The van der Waals surface area contributed by atoms with Gasteiger partial charge in [0.15, 0.2) is 0 Å². The number of hydrogen-bond acceptors (Lipinski definition) is 4. The van der Waals surface area contributed by atoms with E-state index in [1.807, 2.05) is 23.8 Å². The minimum absolute atomic E-state index is 0.0641. The SMILES string of the molecule is CC(NCC1CC(F)(F)C(=O)O1)c1ccsc1. The Hall–Kier alpha value is -1.01. The van der Waals surface area contributed by atoms with Gasteiger partial charge >= 0.3 is 11.9 Å². The van der Waals surface area contributed by atoms with Crippen LogP contribution in [0.5, 0.6) is 0 Å². The fourth-order valence-corrected chi connectivity index (χ4v) is 2.46. The van der Waals surface area contributed by atoms with Gasteiger partial charge in [-0.2, -0.15) is 20.1 Å². The second-order valence-electron chi connectivity index (χ2n) is 4.12. The van der Waals surface area contributed by atoms with Crippen LogP contribution in [0.15, 0.2) is 16.8 Å². The molecule has 1 aromatic rings. The van der Waals surface area contributed by atoms with Gasteiger partial charge in [0.25, 0.3) is 0 Å². The van der Waals surface area contributed by atoms with E-state index in [1.54, 1.807) is 11.3 Å². The molecule has 94 valence electrons. The van der Waals surface area contributed by atoms with Crippen molar-refractivity contribution in [3.05, 3.63) is 22.4 Å². The van der Waals surface area contributed by atoms with E-state index in [1.165, 1.54) is 0 Å². The largest absolute Gasteiger partial charge is 0.456 e. The number of carbonyl (C=O) groups is 1. The summed E-state index contributed by atoms with van der Waals surface area (Å²) in [7, 11) is 0. The Bertz CT molecular complexity index is 394. The average molecular weight is 261 g/mol. The molecule has 3 nitrogen and oxygen atoms in total. The summed E-state index contributed by atoms with van der Waals surface area (Å²) in [5.74, 6) is -4.73. The maximum Gasteiger partial charge on any atom is 0.377 e. The summed E-state index contributed by atoms with van der Waals surface area (Å²) >= 11 is 1.58. The normalized spacial score (nSPS) is 24.6. The zero-order valence-corrected chi connectivity index (χ0v) is 10.1. The van der Waals surface area contributed by atoms with Gasteiger partial charge in [0.2, 0.25) is 0 Å². The fraction of sp³-hybridized carbons (Fsp3) is 0.545. The van der Waals surface area contributed by atoms with E-state index in [4.69, 9.17) is 0 Å². The van der Waals surface area contributed by atoms with Gasteiger partial charge in [-0.05, 0) is 29.3 Å². The van der Waals surface area contributed by atoms with Crippen LogP contribution < -0.4 is 5.32 Å². The van der Waals surface area contributed by atoms with Crippen molar-refractivity contribution >= 4 is 17.3 Å². The molecule has 1 N–H and O–H groups in total. The van der Waals surface area contributed by atoms with E-state index in [0.717, 1.165) is 5.56 Å². The quantitative estimate of drug-likeness (QED) is 0.845. The predicted molar refractivity (Wildman–Crippen MR) is 60.2 cm³/mol. The van der Waals surface area contributed by atoms with Crippen molar-refractivity contribution in [1.29, 1.82) is 0 Å². The first-order valence-corrected chi connectivity index (χ1v) is 6.28. The molecule has 6 heteroatoms. The van der Waals surface area contributed by atoms with Gasteiger partial charge in [0.1, 0.15) is 6.10 Å². The number of thiophene rings is 1. The van der Waals surface area contributed by atoms with E-state index in [-0.39, 0.29) is 12.6 Å². The van der Waals surface area contributed by atoms with Crippen molar-refractivity contribution in [2.24, 2.45) is 0 Å². The molecule has 1 fully saturated rings. The van der Waals surface area contributed by atoms with Crippen LogP contribution >= 0.6 is 11.3 Å². The standard InChI is InChI=1S/C11H13F2NO2S/c1-7(8-2-3-17-6-8)14-5-9-4-11(12,13)10(15)16-9/h2-3,6-7,9,14H,4-5H2,1H3. The van der Waals surface area contributed by atoms with Gasteiger partial charge in [0.05, 0.1) is 6.42 Å². The molecular weight excluding hydrogens is 248 g/mol. The van der Waals surface area contributed by atoms with Crippen LogP contribution in [0.1, 0.15) is 24.9 Å². The molecule has 0 spiro atoms. The van der Waals surface area contributed by atoms with Crippen LogP contribution in [0, 0.1) is 0 Å². The van der Waals surface area contributed by atoms with Crippen LogP contribution in [0.4, 0.5) is 8.78 Å². The van der Waals surface area contributed by atoms with Crippen LogP contribution in [-0.4, -0.2) is 24.5 Å². The fourth-order valence-electron chi connectivity index (χ4n) is 1.71. The molecule has 17 heavy (non-hydrogen) atoms. The monoisotopic (exact) mass is 261 g/mol. The molecule has 1 saturated heterocycles. The van der Waals surface area contributed by atoms with Crippen LogP contribution in [0.3, 0.4) is 0 Å². The van der Waals surface area contributed by atoms with E-state index in [2.05, 4.69) is 10.1 Å². The first-order chi connectivity index (χ1) is 7.99. The average Bonchev–Trinajstić information content (AvgIpc) is 2.85. The van der Waals surface area contributed by atoms with Crippen molar-refractivity contribution in [2.75, 3.05) is 6.54 Å². The Labute approximate surface area is 102 Å². The van der Waals surface area contributed by atoms with Gasteiger partial charge in [-0.25, -0.2) is 4.79 Å². The summed E-state index contributed by atoms with van der Waals surface area (Å²) in [6.07, 6.45) is -1.27. The minimum atomic E-state index is -3.32. The number of alkyl halides is 2. The zero-order valence-electron chi connectivity index (χ0n) is 9.28. The highest BCUT2D eigenvalue weighted by Crippen LogP contribution is 2.30. The minimum Gasteiger partial charge on any atom is -0.456 e. The van der Waals surface area contributed by atoms with E-state index < -0.39 is 24.4 Å². The number of ether oxygens (including phenoxy) is 1. The number of carbonyl (C=O) groups excluding carboxylic acids is 1. The molecule has 0 amide bonds. The molecule has 2 rings (SSSR count). The number of halogens is 2. The van der Waals surface area contributed by atoms with Crippen molar-refractivity contribution in [3.63, 3.8) is 0 Å². The summed E-state index contributed by atoms with van der Waals surface area (Å²) in [5.41, 5.74) is 1.10. The number of cyclic esters (lactones) is 1. The Morgan fingerprint density at radius 1 is 1.71 bits per heavy atom. The van der Waals surface area contributed by atoms with Gasteiger partial charge in [0, 0.05) is 12.6 Å². The topological polar surface area (TPSA) is 38.3 Å². The van der Waals surface area contributed by atoms with Crippen molar-refractivity contribution in [3.8, 4) is 0 Å². The van der Waals surface area contributed by atoms with Gasteiger partial charge in [-0.1, -0.05) is 0 Å². The first-order valence-electron chi connectivity index (χ1n) is 5.33. The Morgan fingerprint density at radius 3 is 3.00 bits per heavy atom. The van der Waals surface area contributed by atoms with Gasteiger partial charge in [-0.3, -0.25) is 0 Å². The Kier molecular flexibility index (Phi) is 3.44. The lowest BCUT2D eigenvalue weighted by atomic mass is 10.1. The molecule has 2 unspecified atom stereocenters. The second-order valence-corrected chi connectivity index (χ2v) is 4.90. The summed E-state index contributed by atoms with van der Waals surface area (Å²) in [5, 5.41) is 7.03. The Morgan fingerprint density at radius 2 is 2.47 bits per heavy atom. The summed E-state index contributed by atoms with van der Waals surface area (Å²) in [6, 6.07) is 2.03. The second kappa shape index (κ2) is 4.70. The van der Waals surface area contributed by atoms with Gasteiger partial charge < -0.3 is 10.1 Å². The molecule has 0 radical (unpaired) electrons. The summed E-state index contributed by atoms with van der Waals surface area (Å²) < 4.78 is 30.4. The summed E-state index contributed by atoms with van der Waals surface area (Å²) in [6.45, 7) is 2.19. The molecule has 0 aliphatic carbocycles.